The maximum atomic E-state index is 11.9. The summed E-state index contributed by atoms with van der Waals surface area (Å²) in [6.45, 7) is 5.63. The van der Waals surface area contributed by atoms with Gasteiger partial charge in [0.25, 0.3) is 5.91 Å². The van der Waals surface area contributed by atoms with Gasteiger partial charge in [-0.15, -0.1) is 0 Å². The Morgan fingerprint density at radius 2 is 2.00 bits per heavy atom. The molecule has 5 heteroatoms. The molecule has 4 nitrogen and oxygen atoms in total. The van der Waals surface area contributed by atoms with Gasteiger partial charge in [0.2, 0.25) is 0 Å². The number of rotatable bonds is 5. The summed E-state index contributed by atoms with van der Waals surface area (Å²) in [7, 11) is 0. The molecule has 0 aromatic heterocycles. The highest BCUT2D eigenvalue weighted by Gasteiger charge is 2.26. The second kappa shape index (κ2) is 6.36. The quantitative estimate of drug-likeness (QED) is 0.778. The number of hydrogen-bond acceptors (Lipinski definition) is 2. The Balaban J connectivity index is 2.57. The lowest BCUT2D eigenvalue weighted by Crippen LogP contribution is -2.32. The van der Waals surface area contributed by atoms with Gasteiger partial charge in [0.1, 0.15) is 0 Å². The van der Waals surface area contributed by atoms with E-state index in [1.54, 1.807) is 19.9 Å². The number of carbonyl (C=O) groups is 2. The summed E-state index contributed by atoms with van der Waals surface area (Å²) in [6, 6.07) is 5.50. The molecule has 0 atom stereocenters. The summed E-state index contributed by atoms with van der Waals surface area (Å²) in [6.07, 6.45) is 0.400. The predicted octanol–water partition coefficient (Wildman–Crippen LogP) is 2.83. The molecule has 0 fully saturated rings. The van der Waals surface area contributed by atoms with Gasteiger partial charge in [-0.2, -0.15) is 0 Å². The standard InChI is InChI=1S/C14H18INO3/c1-9-4-5-10(8-11(9)15)12(17)16-7-6-14(2,3)13(18)19/h4-5,8H,6-7H2,1-3H3,(H,16,17)(H,18,19). The Kier molecular flexibility index (Phi) is 5.34. The van der Waals surface area contributed by atoms with Crippen LogP contribution in [0.5, 0.6) is 0 Å². The molecular weight excluding hydrogens is 357 g/mol. The molecular formula is C14H18INO3. The second-order valence-electron chi connectivity index (χ2n) is 5.16. The maximum absolute atomic E-state index is 11.9. The number of amides is 1. The lowest BCUT2D eigenvalue weighted by molar-refractivity contribution is -0.147. The molecule has 19 heavy (non-hydrogen) atoms. The van der Waals surface area contributed by atoms with Crippen molar-refractivity contribution >= 4 is 34.5 Å². The van der Waals surface area contributed by atoms with E-state index in [9.17, 15) is 9.59 Å². The summed E-state index contributed by atoms with van der Waals surface area (Å²) in [5, 5.41) is 11.7. The van der Waals surface area contributed by atoms with Crippen molar-refractivity contribution in [3.05, 3.63) is 32.9 Å². The molecule has 0 aliphatic heterocycles. The van der Waals surface area contributed by atoms with Gasteiger partial charge in [0, 0.05) is 15.7 Å². The highest BCUT2D eigenvalue weighted by molar-refractivity contribution is 14.1. The van der Waals surface area contributed by atoms with E-state index in [2.05, 4.69) is 27.9 Å². The van der Waals surface area contributed by atoms with Gasteiger partial charge < -0.3 is 10.4 Å². The topological polar surface area (TPSA) is 66.4 Å². The lowest BCUT2D eigenvalue weighted by Gasteiger charge is -2.18. The van der Waals surface area contributed by atoms with Crippen molar-refractivity contribution in [1.29, 1.82) is 0 Å². The van der Waals surface area contributed by atoms with Crippen LogP contribution in [-0.2, 0) is 4.79 Å². The van der Waals surface area contributed by atoms with Crippen LogP contribution in [0.3, 0.4) is 0 Å². The minimum atomic E-state index is -0.855. The number of aryl methyl sites for hydroxylation is 1. The Labute approximate surface area is 126 Å². The predicted molar refractivity (Wildman–Crippen MR) is 82.3 cm³/mol. The summed E-state index contributed by atoms with van der Waals surface area (Å²) >= 11 is 2.18. The first-order valence-corrected chi connectivity index (χ1v) is 7.09. The molecule has 1 amide bonds. The van der Waals surface area contributed by atoms with Crippen LogP contribution in [0.25, 0.3) is 0 Å². The fourth-order valence-corrected chi connectivity index (χ4v) is 1.95. The van der Waals surface area contributed by atoms with Crippen molar-refractivity contribution in [3.63, 3.8) is 0 Å². The van der Waals surface area contributed by atoms with E-state index < -0.39 is 11.4 Å². The van der Waals surface area contributed by atoms with E-state index in [1.165, 1.54) is 0 Å². The first-order chi connectivity index (χ1) is 8.74. The number of carbonyl (C=O) groups excluding carboxylic acids is 1. The summed E-state index contributed by atoms with van der Waals surface area (Å²) in [5.41, 5.74) is 0.905. The second-order valence-corrected chi connectivity index (χ2v) is 6.32. The Bertz CT molecular complexity index is 497. The smallest absolute Gasteiger partial charge is 0.309 e. The molecule has 104 valence electrons. The molecule has 1 aromatic carbocycles. The van der Waals surface area contributed by atoms with Gasteiger partial charge in [0.05, 0.1) is 5.41 Å². The first kappa shape index (κ1) is 15.9. The molecule has 0 saturated heterocycles. The molecule has 0 bridgehead atoms. The highest BCUT2D eigenvalue weighted by atomic mass is 127. The molecule has 0 radical (unpaired) electrons. The zero-order chi connectivity index (χ0) is 14.6. The third kappa shape index (κ3) is 4.49. The van der Waals surface area contributed by atoms with E-state index in [1.807, 2.05) is 19.1 Å². The van der Waals surface area contributed by atoms with Gasteiger partial charge in [-0.3, -0.25) is 9.59 Å². The van der Waals surface area contributed by atoms with Crippen LogP contribution in [-0.4, -0.2) is 23.5 Å². The molecule has 0 aliphatic rings. The largest absolute Gasteiger partial charge is 0.481 e. The van der Waals surface area contributed by atoms with Crippen LogP contribution >= 0.6 is 22.6 Å². The summed E-state index contributed by atoms with van der Waals surface area (Å²) in [4.78, 5) is 22.8. The van der Waals surface area contributed by atoms with Crippen molar-refractivity contribution in [2.75, 3.05) is 6.54 Å². The third-order valence-corrected chi connectivity index (χ3v) is 4.21. The van der Waals surface area contributed by atoms with Gasteiger partial charge in [-0.05, 0) is 67.5 Å². The fourth-order valence-electron chi connectivity index (χ4n) is 1.43. The van der Waals surface area contributed by atoms with E-state index >= 15 is 0 Å². The molecule has 0 saturated carbocycles. The number of carboxylic acids is 1. The molecule has 1 aromatic rings. The van der Waals surface area contributed by atoms with Crippen LogP contribution in [0.2, 0.25) is 0 Å². The van der Waals surface area contributed by atoms with E-state index in [0.29, 0.717) is 18.5 Å². The van der Waals surface area contributed by atoms with E-state index in [4.69, 9.17) is 5.11 Å². The normalized spacial score (nSPS) is 11.2. The number of aliphatic carboxylic acids is 1. The molecule has 0 aliphatic carbocycles. The molecule has 0 heterocycles. The van der Waals surface area contributed by atoms with Crippen molar-refractivity contribution in [1.82, 2.24) is 5.32 Å². The van der Waals surface area contributed by atoms with Gasteiger partial charge >= 0.3 is 5.97 Å². The number of carboxylic acid groups (broad SMARTS) is 1. The van der Waals surface area contributed by atoms with Crippen molar-refractivity contribution in [2.24, 2.45) is 5.41 Å². The average molecular weight is 375 g/mol. The third-order valence-electron chi connectivity index (χ3n) is 3.05. The number of benzene rings is 1. The zero-order valence-electron chi connectivity index (χ0n) is 11.3. The Morgan fingerprint density at radius 3 is 2.53 bits per heavy atom. The first-order valence-electron chi connectivity index (χ1n) is 6.02. The minimum Gasteiger partial charge on any atom is -0.481 e. The Morgan fingerprint density at radius 1 is 1.37 bits per heavy atom. The summed E-state index contributed by atoms with van der Waals surface area (Å²) < 4.78 is 1.04. The molecule has 0 unspecified atom stereocenters. The van der Waals surface area contributed by atoms with Gasteiger partial charge in [-0.25, -0.2) is 0 Å². The van der Waals surface area contributed by atoms with Crippen LogP contribution < -0.4 is 5.32 Å². The van der Waals surface area contributed by atoms with Crippen LogP contribution in [0, 0.1) is 15.9 Å². The van der Waals surface area contributed by atoms with Gasteiger partial charge in [0.15, 0.2) is 0 Å². The minimum absolute atomic E-state index is 0.167. The van der Waals surface area contributed by atoms with Crippen LogP contribution in [0.15, 0.2) is 18.2 Å². The molecule has 1 rings (SSSR count). The monoisotopic (exact) mass is 375 g/mol. The number of halogens is 1. The van der Waals surface area contributed by atoms with E-state index in [-0.39, 0.29) is 5.91 Å². The maximum Gasteiger partial charge on any atom is 0.309 e. The van der Waals surface area contributed by atoms with Crippen LogP contribution in [0.1, 0.15) is 36.2 Å². The molecule has 2 N–H and O–H groups in total. The number of nitrogens with one attached hydrogen (secondary N) is 1. The van der Waals surface area contributed by atoms with Crippen molar-refractivity contribution in [2.45, 2.75) is 27.2 Å². The SMILES string of the molecule is Cc1ccc(C(=O)NCCC(C)(C)C(=O)O)cc1I. The van der Waals surface area contributed by atoms with Crippen molar-refractivity contribution < 1.29 is 14.7 Å². The zero-order valence-corrected chi connectivity index (χ0v) is 13.4. The highest BCUT2D eigenvalue weighted by Crippen LogP contribution is 2.19. The van der Waals surface area contributed by atoms with Crippen LogP contribution in [0.4, 0.5) is 0 Å². The Hall–Kier alpha value is -1.11. The van der Waals surface area contributed by atoms with Gasteiger partial charge in [-0.1, -0.05) is 6.07 Å². The van der Waals surface area contributed by atoms with E-state index in [0.717, 1.165) is 9.13 Å². The number of hydrogen-bond donors (Lipinski definition) is 2. The summed E-state index contributed by atoms with van der Waals surface area (Å²) in [5.74, 6) is -1.02. The average Bonchev–Trinajstić information content (AvgIpc) is 2.32. The molecule has 0 spiro atoms. The van der Waals surface area contributed by atoms with Crippen molar-refractivity contribution in [3.8, 4) is 0 Å². The lowest BCUT2D eigenvalue weighted by atomic mass is 9.90. The fraction of sp³-hybridized carbons (Fsp3) is 0.429.